The molecule has 2 atom stereocenters. The molecular formula is C22H27ClN8. The number of rotatable bonds is 5. The highest BCUT2D eigenvalue weighted by Crippen LogP contribution is 2.31. The number of aromatic nitrogens is 5. The fourth-order valence-corrected chi connectivity index (χ4v) is 4.56. The summed E-state index contributed by atoms with van der Waals surface area (Å²) in [6.45, 7) is 4.22. The van der Waals surface area contributed by atoms with E-state index in [0.717, 1.165) is 47.0 Å². The number of anilines is 3. The standard InChI is InChI=1S/C22H27ClN8/c1-12(2)31-11-26-19-20(27-13-9-15(23)14-7-8-25-18(14)10-13)29-22(30-21(19)31)28-17-6-4-3-5-16(17)24/h7-12,16-17,25H,3-6,24H2,1-2H3,(H2,27,28,29,30)/t16-,17-/m0/s1. The number of aromatic amines is 1. The summed E-state index contributed by atoms with van der Waals surface area (Å²) in [6, 6.07) is 6.37. The van der Waals surface area contributed by atoms with Crippen LogP contribution in [0.25, 0.3) is 22.1 Å². The Bertz CT molecular complexity index is 1230. The van der Waals surface area contributed by atoms with Crippen molar-refractivity contribution in [3.63, 3.8) is 0 Å². The van der Waals surface area contributed by atoms with Gasteiger partial charge in [0.2, 0.25) is 5.95 Å². The highest BCUT2D eigenvalue weighted by atomic mass is 35.5. The number of hydrogen-bond acceptors (Lipinski definition) is 6. The van der Waals surface area contributed by atoms with E-state index in [9.17, 15) is 0 Å². The van der Waals surface area contributed by atoms with E-state index in [2.05, 4.69) is 39.0 Å². The van der Waals surface area contributed by atoms with Crippen LogP contribution < -0.4 is 16.4 Å². The summed E-state index contributed by atoms with van der Waals surface area (Å²) in [4.78, 5) is 17.4. The Kier molecular flexibility index (Phi) is 5.19. The zero-order valence-electron chi connectivity index (χ0n) is 17.7. The molecule has 1 aromatic carbocycles. The normalized spacial score (nSPS) is 19.4. The van der Waals surface area contributed by atoms with Gasteiger partial charge in [0.05, 0.1) is 11.3 Å². The lowest BCUT2D eigenvalue weighted by atomic mass is 9.91. The van der Waals surface area contributed by atoms with E-state index < -0.39 is 0 Å². The molecule has 5 N–H and O–H groups in total. The first-order valence-electron chi connectivity index (χ1n) is 10.8. The van der Waals surface area contributed by atoms with E-state index in [4.69, 9.17) is 27.3 Å². The zero-order chi connectivity index (χ0) is 21.5. The summed E-state index contributed by atoms with van der Waals surface area (Å²) in [5, 5.41) is 8.55. The molecule has 9 heteroatoms. The first-order chi connectivity index (χ1) is 15.0. The van der Waals surface area contributed by atoms with Crippen LogP contribution >= 0.6 is 11.6 Å². The van der Waals surface area contributed by atoms with Crippen molar-refractivity contribution in [1.29, 1.82) is 0 Å². The Labute approximate surface area is 185 Å². The second-order valence-electron chi connectivity index (χ2n) is 8.53. The first-order valence-corrected chi connectivity index (χ1v) is 11.2. The Hall–Kier alpha value is -2.84. The summed E-state index contributed by atoms with van der Waals surface area (Å²) >= 11 is 6.47. The lowest BCUT2D eigenvalue weighted by molar-refractivity contribution is 0.402. The summed E-state index contributed by atoms with van der Waals surface area (Å²) < 4.78 is 2.05. The minimum absolute atomic E-state index is 0.105. The molecule has 162 valence electrons. The van der Waals surface area contributed by atoms with Gasteiger partial charge in [-0.15, -0.1) is 0 Å². The highest BCUT2D eigenvalue weighted by Gasteiger charge is 2.24. The molecule has 0 radical (unpaired) electrons. The Morgan fingerprint density at radius 1 is 1.23 bits per heavy atom. The van der Waals surface area contributed by atoms with Gasteiger partial charge in [0.1, 0.15) is 0 Å². The molecule has 1 aliphatic rings. The molecule has 0 spiro atoms. The van der Waals surface area contributed by atoms with E-state index in [1.54, 1.807) is 0 Å². The fourth-order valence-electron chi connectivity index (χ4n) is 4.28. The van der Waals surface area contributed by atoms with Gasteiger partial charge in [-0.2, -0.15) is 9.97 Å². The summed E-state index contributed by atoms with van der Waals surface area (Å²) in [5.74, 6) is 1.20. The average Bonchev–Trinajstić information content (AvgIpc) is 3.37. The van der Waals surface area contributed by atoms with Gasteiger partial charge in [-0.3, -0.25) is 0 Å². The van der Waals surface area contributed by atoms with E-state index in [1.165, 1.54) is 6.42 Å². The van der Waals surface area contributed by atoms with Gasteiger partial charge in [-0.05, 0) is 44.9 Å². The van der Waals surface area contributed by atoms with Crippen LogP contribution in [0, 0.1) is 0 Å². The van der Waals surface area contributed by atoms with Crippen LogP contribution in [-0.4, -0.2) is 36.6 Å². The number of nitrogens with two attached hydrogens (primary N) is 1. The van der Waals surface area contributed by atoms with Crippen molar-refractivity contribution in [2.24, 2.45) is 5.73 Å². The van der Waals surface area contributed by atoms with Gasteiger partial charge in [0.25, 0.3) is 0 Å². The van der Waals surface area contributed by atoms with Crippen molar-refractivity contribution in [3.05, 3.63) is 35.7 Å². The van der Waals surface area contributed by atoms with Gasteiger partial charge in [0, 0.05) is 40.9 Å². The predicted molar refractivity (Wildman–Crippen MR) is 126 cm³/mol. The quantitative estimate of drug-likeness (QED) is 0.350. The van der Waals surface area contributed by atoms with Gasteiger partial charge in [-0.1, -0.05) is 24.4 Å². The molecule has 0 aliphatic heterocycles. The Morgan fingerprint density at radius 3 is 2.87 bits per heavy atom. The van der Waals surface area contributed by atoms with Gasteiger partial charge >= 0.3 is 0 Å². The number of H-pyrrole nitrogens is 1. The molecule has 0 amide bonds. The maximum Gasteiger partial charge on any atom is 0.227 e. The second-order valence-corrected chi connectivity index (χ2v) is 8.94. The molecule has 31 heavy (non-hydrogen) atoms. The van der Waals surface area contributed by atoms with Gasteiger partial charge < -0.3 is 25.9 Å². The molecular weight excluding hydrogens is 412 g/mol. The van der Waals surface area contributed by atoms with Crippen LogP contribution in [0.1, 0.15) is 45.6 Å². The second kappa shape index (κ2) is 8.01. The van der Waals surface area contributed by atoms with Crippen molar-refractivity contribution in [2.45, 2.75) is 57.7 Å². The van der Waals surface area contributed by atoms with Crippen molar-refractivity contribution in [1.82, 2.24) is 24.5 Å². The lowest BCUT2D eigenvalue weighted by Crippen LogP contribution is -2.43. The van der Waals surface area contributed by atoms with Crippen LogP contribution in [-0.2, 0) is 0 Å². The summed E-state index contributed by atoms with van der Waals surface area (Å²) in [7, 11) is 0. The average molecular weight is 439 g/mol. The third-order valence-electron chi connectivity index (χ3n) is 5.99. The van der Waals surface area contributed by atoms with Crippen LogP contribution in [0.15, 0.2) is 30.7 Å². The Morgan fingerprint density at radius 2 is 2.06 bits per heavy atom. The predicted octanol–water partition coefficient (Wildman–Crippen LogP) is 4.97. The molecule has 5 rings (SSSR count). The van der Waals surface area contributed by atoms with Crippen LogP contribution in [0.5, 0.6) is 0 Å². The largest absolute Gasteiger partial charge is 0.361 e. The highest BCUT2D eigenvalue weighted by molar-refractivity contribution is 6.35. The molecule has 0 saturated heterocycles. The topological polar surface area (TPSA) is 109 Å². The lowest BCUT2D eigenvalue weighted by Gasteiger charge is -2.29. The van der Waals surface area contributed by atoms with Crippen molar-refractivity contribution in [2.75, 3.05) is 10.6 Å². The number of halogens is 1. The van der Waals surface area contributed by atoms with Gasteiger partial charge in [0.15, 0.2) is 17.0 Å². The number of nitrogens with zero attached hydrogens (tertiary/aromatic N) is 4. The van der Waals surface area contributed by atoms with Gasteiger partial charge in [-0.25, -0.2) is 4.98 Å². The van der Waals surface area contributed by atoms with Crippen molar-refractivity contribution >= 4 is 51.1 Å². The molecule has 3 aromatic heterocycles. The number of benzene rings is 1. The number of fused-ring (bicyclic) bond motifs is 2. The molecule has 4 aromatic rings. The molecule has 1 saturated carbocycles. The van der Waals surface area contributed by atoms with Crippen LogP contribution in [0.2, 0.25) is 5.02 Å². The molecule has 0 bridgehead atoms. The minimum atomic E-state index is 0.105. The van der Waals surface area contributed by atoms with E-state index in [0.29, 0.717) is 16.8 Å². The third kappa shape index (κ3) is 3.81. The van der Waals surface area contributed by atoms with Crippen LogP contribution in [0.3, 0.4) is 0 Å². The smallest absolute Gasteiger partial charge is 0.227 e. The summed E-state index contributed by atoms with van der Waals surface area (Å²) in [6.07, 6.45) is 8.07. The SMILES string of the molecule is CC(C)n1cnc2c(Nc3cc(Cl)c4cc[nH]c4c3)nc(N[C@H]3CCCC[C@@H]3N)nc21. The minimum Gasteiger partial charge on any atom is -0.361 e. The number of hydrogen-bond donors (Lipinski definition) is 4. The maximum atomic E-state index is 6.47. The molecule has 0 unspecified atom stereocenters. The third-order valence-corrected chi connectivity index (χ3v) is 6.31. The number of nitrogens with one attached hydrogen (secondary N) is 3. The maximum absolute atomic E-state index is 6.47. The Balaban J connectivity index is 1.56. The monoisotopic (exact) mass is 438 g/mol. The molecule has 8 nitrogen and oxygen atoms in total. The van der Waals surface area contributed by atoms with Crippen molar-refractivity contribution in [3.8, 4) is 0 Å². The first kappa shape index (κ1) is 20.1. The number of imidazole rings is 1. The molecule has 3 heterocycles. The van der Waals surface area contributed by atoms with Crippen molar-refractivity contribution < 1.29 is 0 Å². The van der Waals surface area contributed by atoms with Crippen LogP contribution in [0.4, 0.5) is 17.5 Å². The van der Waals surface area contributed by atoms with E-state index >= 15 is 0 Å². The van der Waals surface area contributed by atoms with E-state index in [-0.39, 0.29) is 18.1 Å². The summed E-state index contributed by atoms with van der Waals surface area (Å²) in [5.41, 5.74) is 9.64. The van der Waals surface area contributed by atoms with E-state index in [1.807, 2.05) is 30.7 Å². The molecule has 1 aliphatic carbocycles. The molecule has 1 fully saturated rings. The zero-order valence-corrected chi connectivity index (χ0v) is 18.4. The fraction of sp³-hybridized carbons (Fsp3) is 0.409.